The van der Waals surface area contributed by atoms with E-state index in [9.17, 15) is 0 Å². The Bertz CT molecular complexity index is 432. The van der Waals surface area contributed by atoms with Crippen LogP contribution in [0, 0.1) is 5.92 Å². The van der Waals surface area contributed by atoms with Crippen molar-refractivity contribution in [2.75, 3.05) is 13.2 Å². The molecule has 0 amide bonds. The fraction of sp³-hybridized carbons (Fsp3) is 0.571. The predicted molar refractivity (Wildman–Crippen MR) is 72.6 cm³/mol. The molecule has 3 unspecified atom stereocenters. The van der Waals surface area contributed by atoms with Crippen molar-refractivity contribution in [3.63, 3.8) is 0 Å². The van der Waals surface area contributed by atoms with Crippen molar-refractivity contribution >= 4 is 0 Å². The third-order valence-electron chi connectivity index (χ3n) is 3.49. The highest BCUT2D eigenvalue weighted by Crippen LogP contribution is 2.24. The van der Waals surface area contributed by atoms with E-state index in [1.165, 1.54) is 0 Å². The second-order valence-corrected chi connectivity index (χ2v) is 4.74. The predicted octanol–water partition coefficient (Wildman–Crippen LogP) is 3.31. The van der Waals surface area contributed by atoms with Crippen LogP contribution >= 0.6 is 0 Å². The van der Waals surface area contributed by atoms with Gasteiger partial charge in [0, 0.05) is 11.5 Å². The number of nitrogens with zero attached hydrogens (tertiary/aromatic N) is 3. The van der Waals surface area contributed by atoms with Crippen LogP contribution in [0.4, 0.5) is 0 Å². The first-order valence-corrected chi connectivity index (χ1v) is 6.62. The molecular formula is C14H19N3O2. The average molecular weight is 261 g/mol. The zero-order valence-electron chi connectivity index (χ0n) is 11.1. The number of ether oxygens (including phenoxy) is 2. The van der Waals surface area contributed by atoms with Crippen LogP contribution in [0.1, 0.15) is 18.9 Å². The Balaban J connectivity index is 1.98. The summed E-state index contributed by atoms with van der Waals surface area (Å²) >= 11 is 0. The fourth-order valence-corrected chi connectivity index (χ4v) is 2.35. The van der Waals surface area contributed by atoms with Crippen LogP contribution in [-0.2, 0) is 16.1 Å². The molecular weight excluding hydrogens is 242 g/mol. The molecule has 1 heterocycles. The van der Waals surface area contributed by atoms with E-state index in [1.54, 1.807) is 0 Å². The van der Waals surface area contributed by atoms with Crippen LogP contribution in [-0.4, -0.2) is 25.4 Å². The van der Waals surface area contributed by atoms with E-state index in [2.05, 4.69) is 16.9 Å². The highest BCUT2D eigenvalue weighted by molar-refractivity contribution is 5.13. The number of rotatable bonds is 5. The van der Waals surface area contributed by atoms with Crippen molar-refractivity contribution in [1.82, 2.24) is 0 Å². The Morgan fingerprint density at radius 3 is 2.84 bits per heavy atom. The minimum Gasteiger partial charge on any atom is -0.378 e. The van der Waals surface area contributed by atoms with Crippen LogP contribution in [0.2, 0.25) is 0 Å². The van der Waals surface area contributed by atoms with Crippen LogP contribution in [0.25, 0.3) is 10.4 Å². The van der Waals surface area contributed by atoms with Gasteiger partial charge in [-0.2, -0.15) is 0 Å². The van der Waals surface area contributed by atoms with Gasteiger partial charge in [-0.15, -0.1) is 0 Å². The van der Waals surface area contributed by atoms with Crippen molar-refractivity contribution in [3.05, 3.63) is 46.3 Å². The molecule has 0 radical (unpaired) electrons. The van der Waals surface area contributed by atoms with Crippen molar-refractivity contribution in [1.29, 1.82) is 0 Å². The molecule has 3 atom stereocenters. The highest BCUT2D eigenvalue weighted by atomic mass is 16.5. The van der Waals surface area contributed by atoms with Crippen molar-refractivity contribution in [3.8, 4) is 0 Å². The molecule has 1 aromatic rings. The van der Waals surface area contributed by atoms with E-state index in [1.807, 2.05) is 30.3 Å². The molecule has 0 bridgehead atoms. The SMILES string of the molecule is CCC1COCC(OCc2ccccc2)C1N=[N+]=[N-]. The standard InChI is InChI=1S/C14H19N3O2/c1-2-12-9-18-10-13(14(12)16-17-15)19-8-11-6-4-3-5-7-11/h3-7,12-14H,2,8-10H2,1H3. The summed E-state index contributed by atoms with van der Waals surface area (Å²) in [5.74, 6) is 0.241. The second kappa shape index (κ2) is 7.14. The normalized spacial score (nSPS) is 26.7. The highest BCUT2D eigenvalue weighted by Gasteiger charge is 2.33. The molecule has 1 aliphatic rings. The van der Waals surface area contributed by atoms with Gasteiger partial charge < -0.3 is 9.47 Å². The first kappa shape index (κ1) is 13.9. The summed E-state index contributed by atoms with van der Waals surface area (Å²) in [6.45, 7) is 3.73. The number of azide groups is 1. The van der Waals surface area contributed by atoms with Gasteiger partial charge in [-0.3, -0.25) is 0 Å². The van der Waals surface area contributed by atoms with Crippen molar-refractivity contribution in [2.24, 2.45) is 11.0 Å². The third-order valence-corrected chi connectivity index (χ3v) is 3.49. The van der Waals surface area contributed by atoms with E-state index < -0.39 is 0 Å². The third kappa shape index (κ3) is 3.70. The van der Waals surface area contributed by atoms with Crippen LogP contribution in [0.15, 0.2) is 35.4 Å². The van der Waals surface area contributed by atoms with E-state index in [0.29, 0.717) is 19.8 Å². The summed E-state index contributed by atoms with van der Waals surface area (Å²) in [7, 11) is 0. The first-order valence-electron chi connectivity index (χ1n) is 6.62. The number of hydrogen-bond donors (Lipinski definition) is 0. The first-order chi connectivity index (χ1) is 9.35. The summed E-state index contributed by atoms with van der Waals surface area (Å²) in [6.07, 6.45) is 0.768. The van der Waals surface area contributed by atoms with Gasteiger partial charge in [0.15, 0.2) is 0 Å². The Morgan fingerprint density at radius 1 is 1.37 bits per heavy atom. The molecule has 102 valence electrons. The van der Waals surface area contributed by atoms with Crippen LogP contribution in [0.5, 0.6) is 0 Å². The van der Waals surface area contributed by atoms with Crippen LogP contribution < -0.4 is 0 Å². The van der Waals surface area contributed by atoms with E-state index in [0.717, 1.165) is 12.0 Å². The molecule has 5 heteroatoms. The van der Waals surface area contributed by atoms with Gasteiger partial charge in [0.05, 0.1) is 25.4 Å². The molecule has 1 aromatic carbocycles. The van der Waals surface area contributed by atoms with E-state index in [4.69, 9.17) is 15.0 Å². The summed E-state index contributed by atoms with van der Waals surface area (Å²) in [6, 6.07) is 9.84. The topological polar surface area (TPSA) is 67.2 Å². The molecule has 0 spiro atoms. The maximum Gasteiger partial charge on any atom is 0.0901 e. The van der Waals surface area contributed by atoms with E-state index >= 15 is 0 Å². The summed E-state index contributed by atoms with van der Waals surface area (Å²) in [5, 5.41) is 3.91. The number of benzene rings is 1. The lowest BCUT2D eigenvalue weighted by atomic mass is 9.92. The monoisotopic (exact) mass is 261 g/mol. The zero-order chi connectivity index (χ0) is 13.5. The minimum absolute atomic E-state index is 0.132. The Hall–Kier alpha value is -1.55. The van der Waals surface area contributed by atoms with Gasteiger partial charge >= 0.3 is 0 Å². The largest absolute Gasteiger partial charge is 0.378 e. The molecule has 2 rings (SSSR count). The average Bonchev–Trinajstić information content (AvgIpc) is 2.47. The Morgan fingerprint density at radius 2 is 2.16 bits per heavy atom. The second-order valence-electron chi connectivity index (χ2n) is 4.74. The van der Waals surface area contributed by atoms with Gasteiger partial charge in [0.25, 0.3) is 0 Å². The van der Waals surface area contributed by atoms with E-state index in [-0.39, 0.29) is 18.1 Å². The fourth-order valence-electron chi connectivity index (χ4n) is 2.35. The van der Waals surface area contributed by atoms with Crippen molar-refractivity contribution < 1.29 is 9.47 Å². The summed E-state index contributed by atoms with van der Waals surface area (Å²) in [4.78, 5) is 2.95. The molecule has 5 nitrogen and oxygen atoms in total. The molecule has 0 aliphatic carbocycles. The Labute approximate surface area is 113 Å². The summed E-state index contributed by atoms with van der Waals surface area (Å²) in [5.41, 5.74) is 9.81. The lowest BCUT2D eigenvalue weighted by Gasteiger charge is -2.34. The quantitative estimate of drug-likeness (QED) is 0.463. The molecule has 1 saturated heterocycles. The molecule has 1 aliphatic heterocycles. The maximum atomic E-state index is 8.70. The van der Waals surface area contributed by atoms with Gasteiger partial charge in [0.2, 0.25) is 0 Å². The molecule has 0 saturated carbocycles. The lowest BCUT2D eigenvalue weighted by Crippen LogP contribution is -2.44. The zero-order valence-corrected chi connectivity index (χ0v) is 11.1. The Kier molecular flexibility index (Phi) is 5.21. The van der Waals surface area contributed by atoms with Gasteiger partial charge in [-0.25, -0.2) is 0 Å². The molecule has 1 fully saturated rings. The van der Waals surface area contributed by atoms with Crippen LogP contribution in [0.3, 0.4) is 0 Å². The number of hydrogen-bond acceptors (Lipinski definition) is 3. The molecule has 0 aromatic heterocycles. The maximum absolute atomic E-state index is 8.70. The van der Waals surface area contributed by atoms with Crippen molar-refractivity contribution in [2.45, 2.75) is 32.1 Å². The molecule has 0 N–H and O–H groups in total. The van der Waals surface area contributed by atoms with Gasteiger partial charge in [-0.1, -0.05) is 48.8 Å². The van der Waals surface area contributed by atoms with Gasteiger partial charge in [0.1, 0.15) is 0 Å². The molecule has 19 heavy (non-hydrogen) atoms. The minimum atomic E-state index is -0.158. The smallest absolute Gasteiger partial charge is 0.0901 e. The van der Waals surface area contributed by atoms with Gasteiger partial charge in [-0.05, 0) is 17.0 Å². The lowest BCUT2D eigenvalue weighted by molar-refractivity contribution is -0.0916. The summed E-state index contributed by atoms with van der Waals surface area (Å²) < 4.78 is 11.4.